The molecule has 0 fully saturated rings. The van der Waals surface area contributed by atoms with E-state index >= 15 is 0 Å². The number of anilines is 1. The minimum Gasteiger partial charge on any atom is -0.478 e. The molecular formula is C14H18ClNO3. The number of nitrogens with zero attached hydrogens (tertiary/aromatic N) is 1. The van der Waals surface area contributed by atoms with Crippen LogP contribution >= 0.6 is 11.6 Å². The number of halogens is 1. The molecule has 4 nitrogen and oxygen atoms in total. The van der Waals surface area contributed by atoms with Crippen molar-refractivity contribution in [2.75, 3.05) is 31.7 Å². The van der Waals surface area contributed by atoms with E-state index in [0.29, 0.717) is 11.6 Å². The van der Waals surface area contributed by atoms with Crippen LogP contribution in [-0.2, 0) is 9.53 Å². The van der Waals surface area contributed by atoms with Crippen LogP contribution in [0.1, 0.15) is 12.5 Å². The van der Waals surface area contributed by atoms with Gasteiger partial charge in [-0.25, -0.2) is 4.79 Å². The first-order valence-corrected chi connectivity index (χ1v) is 6.40. The van der Waals surface area contributed by atoms with Crippen LogP contribution in [0.25, 0.3) is 6.08 Å². The fraction of sp³-hybridized carbons (Fsp3) is 0.357. The van der Waals surface area contributed by atoms with Gasteiger partial charge in [0.05, 0.1) is 6.61 Å². The van der Waals surface area contributed by atoms with Gasteiger partial charge in [0, 0.05) is 37.0 Å². The van der Waals surface area contributed by atoms with Crippen molar-refractivity contribution in [1.29, 1.82) is 0 Å². The van der Waals surface area contributed by atoms with E-state index in [1.165, 1.54) is 0 Å². The number of hydrogen-bond acceptors (Lipinski definition) is 3. The molecule has 19 heavy (non-hydrogen) atoms. The third-order valence-corrected chi connectivity index (χ3v) is 2.92. The molecule has 0 unspecified atom stereocenters. The molecule has 0 amide bonds. The maximum Gasteiger partial charge on any atom is 0.328 e. The zero-order chi connectivity index (χ0) is 14.3. The average Bonchev–Trinajstić information content (AvgIpc) is 2.38. The van der Waals surface area contributed by atoms with Gasteiger partial charge in [-0.1, -0.05) is 11.6 Å². The summed E-state index contributed by atoms with van der Waals surface area (Å²) in [6, 6.07) is 5.44. The summed E-state index contributed by atoms with van der Waals surface area (Å²) in [4.78, 5) is 12.7. The van der Waals surface area contributed by atoms with Crippen LogP contribution < -0.4 is 4.90 Å². The number of carboxylic acid groups (broad SMARTS) is 1. The van der Waals surface area contributed by atoms with Crippen LogP contribution in [0.3, 0.4) is 0 Å². The van der Waals surface area contributed by atoms with Gasteiger partial charge in [0.1, 0.15) is 0 Å². The largest absolute Gasteiger partial charge is 0.478 e. The number of likely N-dealkylation sites (N-methyl/N-ethyl adjacent to an activating group) is 1. The van der Waals surface area contributed by atoms with Crippen molar-refractivity contribution in [3.05, 3.63) is 34.9 Å². The zero-order valence-electron chi connectivity index (χ0n) is 11.1. The summed E-state index contributed by atoms with van der Waals surface area (Å²) < 4.78 is 5.08. The normalized spacial score (nSPS) is 10.9. The van der Waals surface area contributed by atoms with Crippen LogP contribution in [0.15, 0.2) is 24.3 Å². The zero-order valence-corrected chi connectivity index (χ0v) is 11.9. The Morgan fingerprint density at radius 1 is 1.53 bits per heavy atom. The highest BCUT2D eigenvalue weighted by Gasteiger charge is 2.09. The molecule has 0 bridgehead atoms. The van der Waals surface area contributed by atoms with Gasteiger partial charge in [0.2, 0.25) is 0 Å². The molecule has 1 aromatic rings. The van der Waals surface area contributed by atoms with Gasteiger partial charge in [-0.3, -0.25) is 0 Å². The number of aliphatic carboxylic acids is 1. The molecule has 0 heterocycles. The molecule has 0 aliphatic rings. The standard InChI is InChI=1S/C14H18ClNO3/c1-3-16(8-9-19-2)13-6-5-12(15)10-11(13)4-7-14(17)18/h4-7,10H,3,8-9H2,1-2H3,(H,17,18)/b7-4+. The fourth-order valence-corrected chi connectivity index (χ4v) is 1.94. The van der Waals surface area contributed by atoms with Gasteiger partial charge in [0.25, 0.3) is 0 Å². The second-order valence-electron chi connectivity index (χ2n) is 3.95. The summed E-state index contributed by atoms with van der Waals surface area (Å²) in [5.74, 6) is -0.981. The first-order chi connectivity index (χ1) is 9.08. The molecule has 5 heteroatoms. The van der Waals surface area contributed by atoms with E-state index < -0.39 is 5.97 Å². The van der Waals surface area contributed by atoms with Crippen molar-refractivity contribution in [2.24, 2.45) is 0 Å². The van der Waals surface area contributed by atoms with E-state index in [-0.39, 0.29) is 0 Å². The SMILES string of the molecule is CCN(CCOC)c1ccc(Cl)cc1/C=C/C(=O)O. The number of rotatable bonds is 7. The molecule has 1 aromatic carbocycles. The summed E-state index contributed by atoms with van der Waals surface area (Å²) in [5, 5.41) is 9.30. The lowest BCUT2D eigenvalue weighted by molar-refractivity contribution is -0.131. The summed E-state index contributed by atoms with van der Waals surface area (Å²) in [5.41, 5.74) is 1.73. The first kappa shape index (κ1) is 15.5. The summed E-state index contributed by atoms with van der Waals surface area (Å²) in [6.45, 7) is 4.19. The molecule has 1 rings (SSSR count). The molecule has 0 aliphatic carbocycles. The summed E-state index contributed by atoms with van der Waals surface area (Å²) >= 11 is 5.96. The fourth-order valence-electron chi connectivity index (χ4n) is 1.76. The van der Waals surface area contributed by atoms with Crippen molar-refractivity contribution < 1.29 is 14.6 Å². The Morgan fingerprint density at radius 2 is 2.26 bits per heavy atom. The highest BCUT2D eigenvalue weighted by atomic mass is 35.5. The van der Waals surface area contributed by atoms with Crippen molar-refractivity contribution >= 4 is 29.3 Å². The molecule has 0 saturated heterocycles. The molecule has 1 N–H and O–H groups in total. The lowest BCUT2D eigenvalue weighted by Crippen LogP contribution is -2.27. The van der Waals surface area contributed by atoms with Gasteiger partial charge >= 0.3 is 5.97 Å². The second kappa shape index (κ2) is 7.81. The van der Waals surface area contributed by atoms with E-state index in [0.717, 1.165) is 30.4 Å². The summed E-state index contributed by atoms with van der Waals surface area (Å²) in [7, 11) is 1.65. The van der Waals surface area contributed by atoms with Crippen molar-refractivity contribution in [2.45, 2.75) is 6.92 Å². The predicted molar refractivity (Wildman–Crippen MR) is 77.9 cm³/mol. The van der Waals surface area contributed by atoms with Crippen LogP contribution in [0, 0.1) is 0 Å². The van der Waals surface area contributed by atoms with Crippen LogP contribution in [0.4, 0.5) is 5.69 Å². The van der Waals surface area contributed by atoms with Gasteiger partial charge < -0.3 is 14.7 Å². The Kier molecular flexibility index (Phi) is 6.39. The van der Waals surface area contributed by atoms with Gasteiger partial charge in [-0.15, -0.1) is 0 Å². The highest BCUT2D eigenvalue weighted by Crippen LogP contribution is 2.25. The summed E-state index contributed by atoms with van der Waals surface area (Å²) in [6.07, 6.45) is 2.67. The smallest absolute Gasteiger partial charge is 0.328 e. The lowest BCUT2D eigenvalue weighted by Gasteiger charge is -2.24. The number of benzene rings is 1. The topological polar surface area (TPSA) is 49.8 Å². The minimum absolute atomic E-state index is 0.580. The average molecular weight is 284 g/mol. The van der Waals surface area contributed by atoms with Crippen LogP contribution in [0.2, 0.25) is 5.02 Å². The van der Waals surface area contributed by atoms with Crippen molar-refractivity contribution in [3.8, 4) is 0 Å². The molecular weight excluding hydrogens is 266 g/mol. The van der Waals surface area contributed by atoms with Gasteiger partial charge in [-0.2, -0.15) is 0 Å². The first-order valence-electron chi connectivity index (χ1n) is 6.03. The Morgan fingerprint density at radius 3 is 2.84 bits per heavy atom. The molecule has 0 spiro atoms. The molecule has 0 aliphatic heterocycles. The Balaban J connectivity index is 3.06. The Hall–Kier alpha value is -1.52. The predicted octanol–water partition coefficient (Wildman–Crippen LogP) is 2.91. The van der Waals surface area contributed by atoms with E-state index in [1.807, 2.05) is 13.0 Å². The maximum atomic E-state index is 10.6. The van der Waals surface area contributed by atoms with E-state index in [9.17, 15) is 4.79 Å². The van der Waals surface area contributed by atoms with Gasteiger partial charge in [0.15, 0.2) is 0 Å². The third kappa shape index (κ3) is 4.93. The van der Waals surface area contributed by atoms with E-state index in [2.05, 4.69) is 4.90 Å². The minimum atomic E-state index is -0.981. The number of ether oxygens (including phenoxy) is 1. The lowest BCUT2D eigenvalue weighted by atomic mass is 10.1. The van der Waals surface area contributed by atoms with Crippen LogP contribution in [0.5, 0.6) is 0 Å². The number of carboxylic acids is 1. The second-order valence-corrected chi connectivity index (χ2v) is 4.38. The molecule has 0 atom stereocenters. The molecule has 0 aromatic heterocycles. The van der Waals surface area contributed by atoms with Crippen LogP contribution in [-0.4, -0.2) is 37.9 Å². The quantitative estimate of drug-likeness (QED) is 0.782. The molecule has 0 radical (unpaired) electrons. The monoisotopic (exact) mass is 283 g/mol. The van der Waals surface area contributed by atoms with E-state index in [4.69, 9.17) is 21.4 Å². The third-order valence-electron chi connectivity index (χ3n) is 2.68. The molecule has 0 saturated carbocycles. The maximum absolute atomic E-state index is 10.6. The number of methoxy groups -OCH3 is 1. The van der Waals surface area contributed by atoms with Crippen molar-refractivity contribution in [3.63, 3.8) is 0 Å². The highest BCUT2D eigenvalue weighted by molar-refractivity contribution is 6.30. The van der Waals surface area contributed by atoms with Crippen molar-refractivity contribution in [1.82, 2.24) is 0 Å². The Bertz CT molecular complexity index is 460. The molecule has 104 valence electrons. The van der Waals surface area contributed by atoms with Gasteiger partial charge in [-0.05, 0) is 36.8 Å². The number of hydrogen-bond donors (Lipinski definition) is 1. The Labute approximate surface area is 118 Å². The van der Waals surface area contributed by atoms with E-state index in [1.54, 1.807) is 25.3 Å². The number of carbonyl (C=O) groups is 1.